The smallest absolute Gasteiger partial charge is 0.137 e. The van der Waals surface area contributed by atoms with Crippen molar-refractivity contribution in [2.75, 3.05) is 13.1 Å². The SMILES string of the molecule is CCn1ncc(CN2CCC[C@H](c3cc4cccnc4[nH]3)C2)c1C. The van der Waals surface area contributed by atoms with Crippen LogP contribution in [0.25, 0.3) is 11.0 Å². The summed E-state index contributed by atoms with van der Waals surface area (Å²) in [6.07, 6.45) is 6.38. The van der Waals surface area contributed by atoms with Crippen molar-refractivity contribution < 1.29 is 0 Å². The fourth-order valence-electron chi connectivity index (χ4n) is 3.85. The molecule has 0 spiro atoms. The van der Waals surface area contributed by atoms with Gasteiger partial charge >= 0.3 is 0 Å². The highest BCUT2D eigenvalue weighted by molar-refractivity contribution is 5.76. The van der Waals surface area contributed by atoms with Crippen LogP contribution in [0.15, 0.2) is 30.6 Å². The highest BCUT2D eigenvalue weighted by Gasteiger charge is 2.23. The van der Waals surface area contributed by atoms with Crippen LogP contribution in [-0.2, 0) is 13.1 Å². The van der Waals surface area contributed by atoms with Gasteiger partial charge in [-0.25, -0.2) is 4.98 Å². The molecule has 0 unspecified atom stereocenters. The summed E-state index contributed by atoms with van der Waals surface area (Å²) in [5, 5.41) is 5.69. The average molecular weight is 323 g/mol. The number of aryl methyl sites for hydroxylation is 1. The van der Waals surface area contributed by atoms with Gasteiger partial charge in [0, 0.05) is 54.1 Å². The zero-order valence-corrected chi connectivity index (χ0v) is 14.5. The summed E-state index contributed by atoms with van der Waals surface area (Å²) in [4.78, 5) is 10.5. The first-order chi connectivity index (χ1) is 11.7. The van der Waals surface area contributed by atoms with Gasteiger partial charge in [0.25, 0.3) is 0 Å². The molecule has 0 aliphatic carbocycles. The normalized spacial score (nSPS) is 19.2. The number of aromatic nitrogens is 4. The van der Waals surface area contributed by atoms with Crippen LogP contribution in [0.4, 0.5) is 0 Å². The van der Waals surface area contributed by atoms with Crippen LogP contribution in [0.5, 0.6) is 0 Å². The molecule has 0 saturated carbocycles. The van der Waals surface area contributed by atoms with E-state index in [1.165, 1.54) is 41.7 Å². The van der Waals surface area contributed by atoms with Gasteiger partial charge in [-0.1, -0.05) is 0 Å². The second kappa shape index (κ2) is 6.40. The molecule has 0 amide bonds. The Balaban J connectivity index is 1.49. The van der Waals surface area contributed by atoms with E-state index in [0.717, 1.165) is 25.3 Å². The van der Waals surface area contributed by atoms with Gasteiger partial charge in [0.2, 0.25) is 0 Å². The van der Waals surface area contributed by atoms with Gasteiger partial charge < -0.3 is 4.98 Å². The molecule has 5 nitrogen and oxygen atoms in total. The van der Waals surface area contributed by atoms with E-state index >= 15 is 0 Å². The largest absolute Gasteiger partial charge is 0.343 e. The van der Waals surface area contributed by atoms with Crippen molar-refractivity contribution in [2.45, 2.75) is 45.7 Å². The van der Waals surface area contributed by atoms with Crippen LogP contribution < -0.4 is 0 Å². The van der Waals surface area contributed by atoms with E-state index in [1.54, 1.807) is 0 Å². The molecule has 3 aromatic rings. The molecule has 4 rings (SSSR count). The number of pyridine rings is 1. The Morgan fingerprint density at radius 2 is 2.29 bits per heavy atom. The van der Waals surface area contributed by atoms with Crippen molar-refractivity contribution in [3.05, 3.63) is 47.5 Å². The number of aromatic amines is 1. The van der Waals surface area contributed by atoms with Crippen LogP contribution in [0.1, 0.15) is 42.6 Å². The van der Waals surface area contributed by atoms with Crippen molar-refractivity contribution in [1.29, 1.82) is 0 Å². The zero-order chi connectivity index (χ0) is 16.5. The summed E-state index contributed by atoms with van der Waals surface area (Å²) in [6.45, 7) is 8.54. The quantitative estimate of drug-likeness (QED) is 0.800. The van der Waals surface area contributed by atoms with Crippen molar-refractivity contribution >= 4 is 11.0 Å². The molecule has 1 atom stereocenters. The molecule has 24 heavy (non-hydrogen) atoms. The number of rotatable bonds is 4. The molecule has 4 heterocycles. The van der Waals surface area contributed by atoms with E-state index in [-0.39, 0.29) is 0 Å². The zero-order valence-electron chi connectivity index (χ0n) is 14.5. The lowest BCUT2D eigenvalue weighted by Crippen LogP contribution is -2.34. The predicted molar refractivity (Wildman–Crippen MR) is 96.0 cm³/mol. The number of hydrogen-bond acceptors (Lipinski definition) is 3. The number of H-pyrrole nitrogens is 1. The van der Waals surface area contributed by atoms with Crippen LogP contribution >= 0.6 is 0 Å². The lowest BCUT2D eigenvalue weighted by atomic mass is 9.94. The first-order valence-electron chi connectivity index (χ1n) is 8.92. The summed E-state index contributed by atoms with van der Waals surface area (Å²) < 4.78 is 2.08. The summed E-state index contributed by atoms with van der Waals surface area (Å²) in [5.41, 5.74) is 4.99. The number of piperidine rings is 1. The Labute approximate surface area is 142 Å². The molecule has 0 aromatic carbocycles. The molecule has 1 saturated heterocycles. The Hall–Kier alpha value is -2.14. The van der Waals surface area contributed by atoms with E-state index in [2.05, 4.69) is 50.6 Å². The first kappa shape index (κ1) is 15.4. The van der Waals surface area contributed by atoms with Crippen LogP contribution in [-0.4, -0.2) is 37.7 Å². The molecule has 126 valence electrons. The highest BCUT2D eigenvalue weighted by Crippen LogP contribution is 2.29. The van der Waals surface area contributed by atoms with Gasteiger partial charge in [-0.15, -0.1) is 0 Å². The molecule has 0 radical (unpaired) electrons. The maximum Gasteiger partial charge on any atom is 0.137 e. The molecule has 0 bridgehead atoms. The minimum atomic E-state index is 0.564. The van der Waals surface area contributed by atoms with Crippen LogP contribution in [0, 0.1) is 6.92 Å². The molecular weight excluding hydrogens is 298 g/mol. The average Bonchev–Trinajstić information content (AvgIpc) is 3.19. The van der Waals surface area contributed by atoms with Crippen molar-refractivity contribution in [1.82, 2.24) is 24.6 Å². The highest BCUT2D eigenvalue weighted by atomic mass is 15.3. The van der Waals surface area contributed by atoms with Gasteiger partial charge in [0.15, 0.2) is 0 Å². The lowest BCUT2D eigenvalue weighted by molar-refractivity contribution is 0.198. The predicted octanol–water partition coefficient (Wildman–Crippen LogP) is 3.47. The maximum atomic E-state index is 4.48. The summed E-state index contributed by atoms with van der Waals surface area (Å²) in [6, 6.07) is 6.41. The van der Waals surface area contributed by atoms with Gasteiger partial charge in [0.05, 0.1) is 6.20 Å². The van der Waals surface area contributed by atoms with Gasteiger partial charge in [-0.05, 0) is 51.4 Å². The Kier molecular flexibility index (Phi) is 4.10. The molecular formula is C19H25N5. The van der Waals surface area contributed by atoms with Gasteiger partial charge in [-0.2, -0.15) is 5.10 Å². The first-order valence-corrected chi connectivity index (χ1v) is 8.92. The maximum absolute atomic E-state index is 4.48. The van der Waals surface area contributed by atoms with E-state index in [4.69, 9.17) is 0 Å². The molecule has 3 aromatic heterocycles. The third kappa shape index (κ3) is 2.84. The fourth-order valence-corrected chi connectivity index (χ4v) is 3.85. The second-order valence-corrected chi connectivity index (χ2v) is 6.81. The van der Waals surface area contributed by atoms with E-state index in [0.29, 0.717) is 5.92 Å². The molecule has 1 fully saturated rings. The summed E-state index contributed by atoms with van der Waals surface area (Å²) in [7, 11) is 0. The lowest BCUT2D eigenvalue weighted by Gasteiger charge is -2.32. The summed E-state index contributed by atoms with van der Waals surface area (Å²) >= 11 is 0. The summed E-state index contributed by atoms with van der Waals surface area (Å²) in [5.74, 6) is 0.564. The Morgan fingerprint density at radius 1 is 1.38 bits per heavy atom. The van der Waals surface area contributed by atoms with E-state index in [9.17, 15) is 0 Å². The standard InChI is InChI=1S/C19H25N5/c1-3-24-14(2)17(11-21-24)13-23-9-5-7-16(12-23)18-10-15-6-4-8-20-19(15)22-18/h4,6,8,10-11,16H,3,5,7,9,12-13H2,1-2H3,(H,20,22)/t16-/m0/s1. The molecule has 1 aliphatic rings. The Morgan fingerprint density at radius 3 is 3.08 bits per heavy atom. The van der Waals surface area contributed by atoms with Gasteiger partial charge in [0.1, 0.15) is 5.65 Å². The van der Waals surface area contributed by atoms with Crippen molar-refractivity contribution in [3.8, 4) is 0 Å². The van der Waals surface area contributed by atoms with Crippen molar-refractivity contribution in [3.63, 3.8) is 0 Å². The third-order valence-corrected chi connectivity index (χ3v) is 5.26. The molecule has 1 N–H and O–H groups in total. The monoisotopic (exact) mass is 323 g/mol. The molecule has 5 heteroatoms. The third-order valence-electron chi connectivity index (χ3n) is 5.26. The number of fused-ring (bicyclic) bond motifs is 1. The number of likely N-dealkylation sites (tertiary alicyclic amines) is 1. The minimum absolute atomic E-state index is 0.564. The molecule has 1 aliphatic heterocycles. The Bertz CT molecular complexity index is 798. The van der Waals surface area contributed by atoms with E-state index in [1.807, 2.05) is 18.5 Å². The van der Waals surface area contributed by atoms with Gasteiger partial charge in [-0.3, -0.25) is 9.58 Å². The van der Waals surface area contributed by atoms with Crippen molar-refractivity contribution in [2.24, 2.45) is 0 Å². The number of nitrogens with one attached hydrogen (secondary N) is 1. The topological polar surface area (TPSA) is 49.7 Å². The van der Waals surface area contributed by atoms with Crippen LogP contribution in [0.3, 0.4) is 0 Å². The van der Waals surface area contributed by atoms with Crippen LogP contribution in [0.2, 0.25) is 0 Å². The minimum Gasteiger partial charge on any atom is -0.343 e. The van der Waals surface area contributed by atoms with E-state index < -0.39 is 0 Å². The second-order valence-electron chi connectivity index (χ2n) is 6.81. The fraction of sp³-hybridized carbons (Fsp3) is 0.474. The number of nitrogens with zero attached hydrogens (tertiary/aromatic N) is 4. The number of hydrogen-bond donors (Lipinski definition) is 1.